The minimum absolute atomic E-state index is 0.108. The molecule has 2 rings (SSSR count). The summed E-state index contributed by atoms with van der Waals surface area (Å²) in [7, 11) is 0. The second-order valence-corrected chi connectivity index (χ2v) is 5.79. The van der Waals surface area contributed by atoms with Crippen molar-refractivity contribution in [2.24, 2.45) is 0 Å². The molecule has 0 aliphatic heterocycles. The Kier molecular flexibility index (Phi) is 7.55. The lowest BCUT2D eigenvalue weighted by atomic mass is 9.98. The average Bonchev–Trinajstić information content (AvgIpc) is 2.67. The van der Waals surface area contributed by atoms with Crippen LogP contribution in [-0.4, -0.2) is 24.8 Å². The molecule has 136 valence electrons. The lowest BCUT2D eigenvalue weighted by molar-refractivity contribution is 0.0954. The molecule has 2 aromatic carbocycles. The highest BCUT2D eigenvalue weighted by Gasteiger charge is 2.19. The van der Waals surface area contributed by atoms with Gasteiger partial charge in [-0.25, -0.2) is 4.79 Å². The van der Waals surface area contributed by atoms with E-state index in [1.54, 1.807) is 42.5 Å². The van der Waals surface area contributed by atoms with Crippen LogP contribution in [0.1, 0.15) is 58.9 Å². The molecule has 5 heteroatoms. The molecular formula is C21H22O5. The molecule has 0 aliphatic rings. The number of ether oxygens (including phenoxy) is 2. The average molecular weight is 354 g/mol. The molecule has 0 radical (unpaired) electrons. The van der Waals surface area contributed by atoms with E-state index in [0.29, 0.717) is 6.29 Å². The van der Waals surface area contributed by atoms with Gasteiger partial charge in [-0.15, -0.1) is 0 Å². The van der Waals surface area contributed by atoms with Gasteiger partial charge in [0.05, 0.1) is 12.2 Å². The first-order valence-electron chi connectivity index (χ1n) is 8.70. The zero-order chi connectivity index (χ0) is 18.8. The van der Waals surface area contributed by atoms with Crippen LogP contribution in [0, 0.1) is 0 Å². The molecule has 0 amide bonds. The molecule has 0 fully saturated rings. The van der Waals surface area contributed by atoms with Crippen molar-refractivity contribution < 1.29 is 23.9 Å². The second kappa shape index (κ2) is 10.1. The van der Waals surface area contributed by atoms with E-state index in [4.69, 9.17) is 9.47 Å². The van der Waals surface area contributed by atoms with Crippen molar-refractivity contribution in [3.8, 4) is 5.75 Å². The molecule has 2 aromatic rings. The molecule has 0 atom stereocenters. The number of rotatable bonds is 9. The van der Waals surface area contributed by atoms with Gasteiger partial charge in [0.2, 0.25) is 0 Å². The van der Waals surface area contributed by atoms with Crippen molar-refractivity contribution >= 4 is 18.2 Å². The largest absolute Gasteiger partial charge is 0.513 e. The van der Waals surface area contributed by atoms with Crippen molar-refractivity contribution in [1.82, 2.24) is 0 Å². The predicted molar refractivity (Wildman–Crippen MR) is 97.8 cm³/mol. The highest BCUT2D eigenvalue weighted by atomic mass is 16.7. The van der Waals surface area contributed by atoms with Crippen LogP contribution in [0.2, 0.25) is 0 Å². The van der Waals surface area contributed by atoms with E-state index in [1.807, 2.05) is 0 Å². The van der Waals surface area contributed by atoms with Crippen molar-refractivity contribution in [2.75, 3.05) is 6.61 Å². The van der Waals surface area contributed by atoms with Crippen LogP contribution in [0.3, 0.4) is 0 Å². The summed E-state index contributed by atoms with van der Waals surface area (Å²) in [6.45, 7) is 2.38. The van der Waals surface area contributed by atoms with Gasteiger partial charge in [0.1, 0.15) is 5.75 Å². The number of hydrogen-bond donors (Lipinski definition) is 0. The van der Waals surface area contributed by atoms with Gasteiger partial charge in [-0.2, -0.15) is 0 Å². The minimum Gasteiger partial charge on any atom is -0.434 e. The van der Waals surface area contributed by atoms with Crippen molar-refractivity contribution in [3.05, 3.63) is 65.2 Å². The fraction of sp³-hybridized carbons (Fsp3) is 0.286. The summed E-state index contributed by atoms with van der Waals surface area (Å²) in [4.78, 5) is 35.8. The Hall–Kier alpha value is -2.95. The molecule has 0 bridgehead atoms. The Bertz CT molecular complexity index is 767. The van der Waals surface area contributed by atoms with E-state index < -0.39 is 6.16 Å². The molecule has 0 aliphatic carbocycles. The van der Waals surface area contributed by atoms with Gasteiger partial charge in [0.15, 0.2) is 12.1 Å². The molecule has 0 saturated heterocycles. The first-order valence-corrected chi connectivity index (χ1v) is 8.70. The molecule has 26 heavy (non-hydrogen) atoms. The minimum atomic E-state index is -0.842. The quantitative estimate of drug-likeness (QED) is 0.212. The van der Waals surface area contributed by atoms with Gasteiger partial charge >= 0.3 is 6.16 Å². The van der Waals surface area contributed by atoms with Crippen LogP contribution in [-0.2, 0) is 4.74 Å². The van der Waals surface area contributed by atoms with Gasteiger partial charge in [0.25, 0.3) is 0 Å². The number of para-hydroxylation sites is 1. The number of carbonyl (C=O) groups is 3. The maximum Gasteiger partial charge on any atom is 0.513 e. The van der Waals surface area contributed by atoms with Gasteiger partial charge < -0.3 is 9.47 Å². The third-order valence-electron chi connectivity index (χ3n) is 3.88. The molecular weight excluding hydrogens is 332 g/mol. The Morgan fingerprint density at radius 3 is 2.35 bits per heavy atom. The summed E-state index contributed by atoms with van der Waals surface area (Å²) >= 11 is 0. The van der Waals surface area contributed by atoms with Crippen molar-refractivity contribution in [3.63, 3.8) is 0 Å². The summed E-state index contributed by atoms with van der Waals surface area (Å²) in [6, 6.07) is 12.9. The van der Waals surface area contributed by atoms with E-state index in [9.17, 15) is 14.4 Å². The zero-order valence-electron chi connectivity index (χ0n) is 14.8. The summed E-state index contributed by atoms with van der Waals surface area (Å²) in [5.41, 5.74) is 0.738. The van der Waals surface area contributed by atoms with Gasteiger partial charge in [0, 0.05) is 11.1 Å². The van der Waals surface area contributed by atoms with Crippen LogP contribution in [0.25, 0.3) is 0 Å². The lowest BCUT2D eigenvalue weighted by Crippen LogP contribution is -2.14. The maximum absolute atomic E-state index is 12.8. The van der Waals surface area contributed by atoms with Crippen LogP contribution >= 0.6 is 0 Å². The van der Waals surface area contributed by atoms with Crippen LogP contribution in [0.5, 0.6) is 5.75 Å². The van der Waals surface area contributed by atoms with Gasteiger partial charge in [-0.3, -0.25) is 9.59 Å². The van der Waals surface area contributed by atoms with Crippen molar-refractivity contribution in [1.29, 1.82) is 0 Å². The topological polar surface area (TPSA) is 69.7 Å². The number of benzene rings is 2. The number of unbranched alkanes of at least 4 members (excludes halogenated alkanes) is 3. The smallest absolute Gasteiger partial charge is 0.434 e. The highest BCUT2D eigenvalue weighted by Crippen LogP contribution is 2.23. The number of aldehydes is 1. The van der Waals surface area contributed by atoms with E-state index in [0.717, 1.165) is 25.7 Å². The standard InChI is InChI=1S/C21H22O5/c1-2-3-4-9-14-25-21(24)26-19-13-8-7-12-18(19)20(23)17-11-6-5-10-16(17)15-22/h5-8,10-13,15H,2-4,9,14H2,1H3. The van der Waals surface area contributed by atoms with Gasteiger partial charge in [-0.1, -0.05) is 62.6 Å². The molecule has 0 spiro atoms. The summed E-state index contributed by atoms with van der Waals surface area (Å²) in [5.74, 6) is -0.282. The third kappa shape index (κ3) is 5.28. The SMILES string of the molecule is CCCCCCOC(=O)Oc1ccccc1C(=O)c1ccccc1C=O. The molecule has 5 nitrogen and oxygen atoms in total. The summed E-state index contributed by atoms with van der Waals surface area (Å²) < 4.78 is 10.2. The Labute approximate surface area is 152 Å². The third-order valence-corrected chi connectivity index (χ3v) is 3.88. The van der Waals surface area contributed by atoms with Crippen molar-refractivity contribution in [2.45, 2.75) is 32.6 Å². The van der Waals surface area contributed by atoms with Crippen LogP contribution < -0.4 is 4.74 Å². The fourth-order valence-electron chi connectivity index (χ4n) is 2.50. The van der Waals surface area contributed by atoms with Crippen LogP contribution in [0.4, 0.5) is 4.79 Å². The highest BCUT2D eigenvalue weighted by molar-refractivity contribution is 6.14. The number of hydrogen-bond acceptors (Lipinski definition) is 5. The zero-order valence-corrected chi connectivity index (χ0v) is 14.8. The molecule has 0 unspecified atom stereocenters. The molecule has 0 N–H and O–H groups in total. The Morgan fingerprint density at radius 2 is 1.62 bits per heavy atom. The fourth-order valence-corrected chi connectivity index (χ4v) is 2.50. The Balaban J connectivity index is 2.09. The monoisotopic (exact) mass is 354 g/mol. The summed E-state index contributed by atoms with van der Waals surface area (Å²) in [5, 5.41) is 0. The van der Waals surface area contributed by atoms with E-state index in [2.05, 4.69) is 6.92 Å². The van der Waals surface area contributed by atoms with E-state index >= 15 is 0 Å². The van der Waals surface area contributed by atoms with E-state index in [-0.39, 0.29) is 34.8 Å². The number of carbonyl (C=O) groups excluding carboxylic acids is 3. The first kappa shape index (κ1) is 19.4. The van der Waals surface area contributed by atoms with Gasteiger partial charge in [-0.05, 0) is 18.6 Å². The normalized spacial score (nSPS) is 10.2. The van der Waals surface area contributed by atoms with E-state index in [1.165, 1.54) is 6.07 Å². The maximum atomic E-state index is 12.8. The predicted octanol–water partition coefficient (Wildman–Crippen LogP) is 4.83. The number of ketones is 1. The molecule has 0 saturated carbocycles. The first-order chi connectivity index (χ1) is 12.7. The lowest BCUT2D eigenvalue weighted by Gasteiger charge is -2.10. The second-order valence-electron chi connectivity index (χ2n) is 5.79. The van der Waals surface area contributed by atoms with Crippen LogP contribution in [0.15, 0.2) is 48.5 Å². The molecule has 0 aromatic heterocycles. The Morgan fingerprint density at radius 1 is 0.923 bits per heavy atom. The molecule has 0 heterocycles. The summed E-state index contributed by atoms with van der Waals surface area (Å²) in [6.07, 6.45) is 3.73.